The summed E-state index contributed by atoms with van der Waals surface area (Å²) >= 11 is 0. The number of nitrogens with zero attached hydrogens (tertiary/aromatic N) is 2. The molecule has 20 heavy (non-hydrogen) atoms. The van der Waals surface area contributed by atoms with Crippen LogP contribution in [0.15, 0.2) is 29.3 Å². The first-order chi connectivity index (χ1) is 9.29. The summed E-state index contributed by atoms with van der Waals surface area (Å²) in [6, 6.07) is 3.83. The molecule has 0 unspecified atom stereocenters. The van der Waals surface area contributed by atoms with E-state index in [4.69, 9.17) is 5.73 Å². The molecule has 1 amide bonds. The quantitative estimate of drug-likeness (QED) is 0.520. The summed E-state index contributed by atoms with van der Waals surface area (Å²) in [6.45, 7) is 0. The maximum atomic E-state index is 12.5. The largest absolute Gasteiger partial charge is 0.416 e. The molecule has 0 aliphatic rings. The highest BCUT2D eigenvalue weighted by molar-refractivity contribution is 6.01. The number of guanidine groups is 1. The molecule has 1 aromatic carbocycles. The van der Waals surface area contributed by atoms with Gasteiger partial charge in [0.05, 0.1) is 19.8 Å². The fraction of sp³-hybridized carbons (Fsp3) is 0.273. The van der Waals surface area contributed by atoms with E-state index in [0.717, 1.165) is 12.1 Å². The monoisotopic (exact) mass is 291 g/mol. The Labute approximate surface area is 112 Å². The molecule has 6 nitrogen and oxygen atoms in total. The molecule has 2 N–H and O–H groups in total. The molecule has 0 saturated carbocycles. The molecular weight excluding hydrogens is 279 g/mol. The minimum absolute atomic E-state index is 0.255. The van der Waals surface area contributed by atoms with Gasteiger partial charge in [-0.3, -0.25) is 4.79 Å². The maximum absolute atomic E-state index is 12.5. The van der Waals surface area contributed by atoms with Gasteiger partial charge in [-0.2, -0.15) is 18.2 Å². The predicted octanol–water partition coefficient (Wildman–Crippen LogP) is 1.59. The van der Waals surface area contributed by atoms with Crippen molar-refractivity contribution in [1.82, 2.24) is 5.23 Å². The van der Waals surface area contributed by atoms with E-state index < -0.39 is 23.6 Å². The zero-order valence-corrected chi connectivity index (χ0v) is 10.6. The number of carbonyl (C=O) groups excluding carboxylic acids is 1. The van der Waals surface area contributed by atoms with Crippen LogP contribution in [0.3, 0.4) is 0 Å². The highest BCUT2D eigenvalue weighted by Gasteiger charge is 2.30. The SMILES string of the molecule is CON(OC)/C(N)=N/C(=O)c1cccc(C(F)(F)F)c1. The number of benzene rings is 1. The first kappa shape index (κ1) is 15.9. The van der Waals surface area contributed by atoms with Gasteiger partial charge in [0, 0.05) is 5.56 Å². The standard InChI is InChI=1S/C11H12F3N3O3/c1-19-17(20-2)10(15)16-9(18)7-4-3-5-8(6-7)11(12,13)14/h3-6H,1-2H3,(H2,15,16,18). The van der Waals surface area contributed by atoms with Gasteiger partial charge in [0.2, 0.25) is 0 Å². The van der Waals surface area contributed by atoms with Gasteiger partial charge in [-0.15, -0.1) is 0 Å². The number of aliphatic imine (C=N–C) groups is 1. The Kier molecular flexibility index (Phi) is 5.06. The molecule has 0 saturated heterocycles. The number of amides is 1. The molecule has 9 heteroatoms. The molecule has 110 valence electrons. The minimum Gasteiger partial charge on any atom is -0.366 e. The van der Waals surface area contributed by atoms with E-state index in [9.17, 15) is 18.0 Å². The number of halogens is 3. The maximum Gasteiger partial charge on any atom is 0.416 e. The summed E-state index contributed by atoms with van der Waals surface area (Å²) < 4.78 is 37.5. The van der Waals surface area contributed by atoms with Crippen molar-refractivity contribution in [3.05, 3.63) is 35.4 Å². The van der Waals surface area contributed by atoms with Crippen LogP contribution in [-0.2, 0) is 15.9 Å². The van der Waals surface area contributed by atoms with Crippen molar-refractivity contribution < 1.29 is 27.6 Å². The third-order valence-electron chi connectivity index (χ3n) is 2.17. The second kappa shape index (κ2) is 6.35. The number of hydrogen-bond acceptors (Lipinski definition) is 3. The van der Waals surface area contributed by atoms with Gasteiger partial charge in [-0.25, -0.2) is 9.68 Å². The lowest BCUT2D eigenvalue weighted by Crippen LogP contribution is -2.36. The zero-order valence-electron chi connectivity index (χ0n) is 10.6. The number of carbonyl (C=O) groups is 1. The van der Waals surface area contributed by atoms with E-state index in [1.54, 1.807) is 0 Å². The topological polar surface area (TPSA) is 77.2 Å². The molecule has 0 atom stereocenters. The minimum atomic E-state index is -4.54. The van der Waals surface area contributed by atoms with Crippen LogP contribution in [0.5, 0.6) is 0 Å². The van der Waals surface area contributed by atoms with Gasteiger partial charge in [-0.05, 0) is 18.2 Å². The molecule has 0 spiro atoms. The van der Waals surface area contributed by atoms with Crippen molar-refractivity contribution in [1.29, 1.82) is 0 Å². The van der Waals surface area contributed by atoms with Gasteiger partial charge in [0.15, 0.2) is 0 Å². The summed E-state index contributed by atoms with van der Waals surface area (Å²) in [5, 5.41) is 0.630. The van der Waals surface area contributed by atoms with E-state index in [-0.39, 0.29) is 5.56 Å². The van der Waals surface area contributed by atoms with Crippen LogP contribution in [0.1, 0.15) is 15.9 Å². The highest BCUT2D eigenvalue weighted by atomic mass is 19.4. The molecule has 1 aromatic rings. The first-order valence-corrected chi connectivity index (χ1v) is 5.23. The van der Waals surface area contributed by atoms with Crippen molar-refractivity contribution in [2.75, 3.05) is 14.2 Å². The lowest BCUT2D eigenvalue weighted by atomic mass is 10.1. The third kappa shape index (κ3) is 3.93. The van der Waals surface area contributed by atoms with Crippen molar-refractivity contribution >= 4 is 11.9 Å². The van der Waals surface area contributed by atoms with Crippen molar-refractivity contribution in [2.45, 2.75) is 6.18 Å². The summed E-state index contributed by atoms with van der Waals surface area (Å²) in [6.07, 6.45) is -4.54. The summed E-state index contributed by atoms with van der Waals surface area (Å²) in [4.78, 5) is 24.3. The predicted molar refractivity (Wildman–Crippen MR) is 63.3 cm³/mol. The molecule has 0 heterocycles. The Morgan fingerprint density at radius 1 is 1.30 bits per heavy atom. The van der Waals surface area contributed by atoms with Crippen LogP contribution >= 0.6 is 0 Å². The molecule has 0 fully saturated rings. The van der Waals surface area contributed by atoms with E-state index in [1.165, 1.54) is 20.3 Å². The van der Waals surface area contributed by atoms with E-state index in [0.29, 0.717) is 11.3 Å². The average Bonchev–Trinajstić information content (AvgIpc) is 2.39. The van der Waals surface area contributed by atoms with Crippen LogP contribution in [0.25, 0.3) is 0 Å². The number of rotatable bonds is 3. The van der Waals surface area contributed by atoms with Crippen molar-refractivity contribution in [3.63, 3.8) is 0 Å². The number of alkyl halides is 3. The second-order valence-corrected chi connectivity index (χ2v) is 3.48. The van der Waals surface area contributed by atoms with E-state index in [1.807, 2.05) is 0 Å². The molecule has 0 aliphatic carbocycles. The van der Waals surface area contributed by atoms with Crippen LogP contribution in [0.4, 0.5) is 13.2 Å². The Balaban J connectivity index is 3.01. The van der Waals surface area contributed by atoms with E-state index >= 15 is 0 Å². The van der Waals surface area contributed by atoms with Crippen LogP contribution < -0.4 is 5.73 Å². The highest BCUT2D eigenvalue weighted by Crippen LogP contribution is 2.29. The fourth-order valence-corrected chi connectivity index (χ4v) is 1.30. The van der Waals surface area contributed by atoms with Crippen LogP contribution in [0.2, 0.25) is 0 Å². The van der Waals surface area contributed by atoms with Crippen molar-refractivity contribution in [2.24, 2.45) is 10.7 Å². The van der Waals surface area contributed by atoms with Gasteiger partial charge in [-0.1, -0.05) is 11.3 Å². The summed E-state index contributed by atoms with van der Waals surface area (Å²) in [7, 11) is 2.42. The van der Waals surface area contributed by atoms with Crippen LogP contribution in [-0.4, -0.2) is 31.3 Å². The molecule has 0 radical (unpaired) electrons. The lowest BCUT2D eigenvalue weighted by Gasteiger charge is -2.15. The molecule has 0 aromatic heterocycles. The second-order valence-electron chi connectivity index (χ2n) is 3.48. The first-order valence-electron chi connectivity index (χ1n) is 5.23. The lowest BCUT2D eigenvalue weighted by molar-refractivity contribution is -0.288. The summed E-state index contributed by atoms with van der Waals surface area (Å²) in [5.74, 6) is -1.40. The number of nitrogens with two attached hydrogens (primary N) is 1. The Bertz CT molecular complexity index is 513. The normalized spacial score (nSPS) is 12.3. The van der Waals surface area contributed by atoms with Crippen LogP contribution in [0, 0.1) is 0 Å². The Morgan fingerprint density at radius 2 is 1.90 bits per heavy atom. The molecule has 0 aliphatic heterocycles. The fourth-order valence-electron chi connectivity index (χ4n) is 1.30. The smallest absolute Gasteiger partial charge is 0.366 e. The van der Waals surface area contributed by atoms with Crippen molar-refractivity contribution in [3.8, 4) is 0 Å². The molecule has 0 bridgehead atoms. The van der Waals surface area contributed by atoms with Gasteiger partial charge in [0.1, 0.15) is 0 Å². The molecular formula is C11H12F3N3O3. The average molecular weight is 291 g/mol. The van der Waals surface area contributed by atoms with E-state index in [2.05, 4.69) is 14.7 Å². The zero-order chi connectivity index (χ0) is 15.3. The third-order valence-corrected chi connectivity index (χ3v) is 2.17. The number of hydroxylamine groups is 2. The number of hydrogen-bond donors (Lipinski definition) is 1. The Hall–Kier alpha value is -2.13. The summed E-state index contributed by atoms with van der Waals surface area (Å²) in [5.41, 5.74) is 4.18. The van der Waals surface area contributed by atoms with Gasteiger partial charge < -0.3 is 5.73 Å². The van der Waals surface area contributed by atoms with Gasteiger partial charge in [0.25, 0.3) is 11.9 Å². The Morgan fingerprint density at radius 3 is 2.40 bits per heavy atom. The molecule has 1 rings (SSSR count). The van der Waals surface area contributed by atoms with Gasteiger partial charge >= 0.3 is 6.18 Å².